The van der Waals surface area contributed by atoms with Crippen molar-refractivity contribution in [2.45, 2.75) is 59.8 Å². The minimum absolute atomic E-state index is 0.141. The first-order valence-corrected chi connectivity index (χ1v) is 7.79. The molecule has 0 atom stereocenters. The van der Waals surface area contributed by atoms with Gasteiger partial charge in [-0.25, -0.2) is 0 Å². The molecule has 1 amide bonds. The summed E-state index contributed by atoms with van der Waals surface area (Å²) in [4.78, 5) is 15.2. The summed E-state index contributed by atoms with van der Waals surface area (Å²) in [7, 11) is 0. The average Bonchev–Trinajstić information content (AvgIpc) is 2.52. The molecule has 1 aliphatic heterocycles. The molecule has 0 aromatic heterocycles. The quantitative estimate of drug-likeness (QED) is 0.807. The normalized spacial score (nSPS) is 19.9. The maximum absolute atomic E-state index is 12.8. The number of rotatable bonds is 4. The van der Waals surface area contributed by atoms with Crippen LogP contribution in [0, 0.1) is 10.8 Å². The highest BCUT2D eigenvalue weighted by atomic mass is 32.1. The molecule has 1 rings (SSSR count). The Labute approximate surface area is 122 Å². The topological polar surface area (TPSA) is 46.3 Å². The third kappa shape index (κ3) is 3.47. The van der Waals surface area contributed by atoms with Crippen molar-refractivity contribution in [1.82, 2.24) is 4.90 Å². The Balaban J connectivity index is 2.89. The van der Waals surface area contributed by atoms with Crippen LogP contribution in [-0.4, -0.2) is 28.9 Å². The zero-order valence-electron chi connectivity index (χ0n) is 12.8. The molecule has 1 aliphatic rings. The van der Waals surface area contributed by atoms with Crippen molar-refractivity contribution in [3.63, 3.8) is 0 Å². The van der Waals surface area contributed by atoms with Crippen LogP contribution in [0.2, 0.25) is 0 Å². The molecule has 1 saturated heterocycles. The van der Waals surface area contributed by atoms with Crippen LogP contribution >= 0.6 is 12.2 Å². The number of likely N-dealkylation sites (tertiary alicyclic amines) is 1. The molecular weight excluding hydrogens is 256 g/mol. The van der Waals surface area contributed by atoms with Crippen LogP contribution in [0.5, 0.6) is 0 Å². The van der Waals surface area contributed by atoms with Crippen LogP contribution in [0.4, 0.5) is 0 Å². The number of nitrogens with zero attached hydrogens (tertiary/aromatic N) is 1. The molecule has 3 nitrogen and oxygen atoms in total. The number of nitrogens with two attached hydrogens (primary N) is 1. The molecule has 0 radical (unpaired) electrons. The number of carbonyl (C=O) groups is 1. The van der Waals surface area contributed by atoms with Crippen LogP contribution in [0.1, 0.15) is 59.8 Å². The van der Waals surface area contributed by atoms with Crippen LogP contribution in [0.15, 0.2) is 0 Å². The molecule has 0 spiro atoms. The molecule has 1 fully saturated rings. The van der Waals surface area contributed by atoms with Crippen LogP contribution in [0.3, 0.4) is 0 Å². The minimum atomic E-state index is -0.635. The molecule has 19 heavy (non-hydrogen) atoms. The lowest BCUT2D eigenvalue weighted by atomic mass is 9.80. The largest absolute Gasteiger partial charge is 0.392 e. The zero-order valence-corrected chi connectivity index (χ0v) is 13.6. The Morgan fingerprint density at radius 1 is 1.26 bits per heavy atom. The van der Waals surface area contributed by atoms with Crippen molar-refractivity contribution in [2.24, 2.45) is 16.6 Å². The van der Waals surface area contributed by atoms with E-state index in [4.69, 9.17) is 18.0 Å². The predicted molar refractivity (Wildman–Crippen MR) is 84.0 cm³/mol. The van der Waals surface area contributed by atoms with E-state index in [1.165, 1.54) is 6.42 Å². The smallest absolute Gasteiger partial charge is 0.235 e. The van der Waals surface area contributed by atoms with Gasteiger partial charge in [0.2, 0.25) is 5.91 Å². The van der Waals surface area contributed by atoms with E-state index in [9.17, 15) is 4.79 Å². The van der Waals surface area contributed by atoms with Crippen molar-refractivity contribution in [3.05, 3.63) is 0 Å². The number of carbonyl (C=O) groups excluding carboxylic acids is 1. The fourth-order valence-electron chi connectivity index (χ4n) is 2.93. The number of hydrogen-bond acceptors (Lipinski definition) is 2. The molecule has 0 bridgehead atoms. The molecule has 1 heterocycles. The van der Waals surface area contributed by atoms with E-state index in [0.717, 1.165) is 25.9 Å². The number of hydrogen-bond donors (Lipinski definition) is 1. The van der Waals surface area contributed by atoms with E-state index >= 15 is 0 Å². The lowest BCUT2D eigenvalue weighted by Gasteiger charge is -2.35. The summed E-state index contributed by atoms with van der Waals surface area (Å²) in [5, 5.41) is 0. The first kappa shape index (κ1) is 16.4. The Hall–Kier alpha value is -0.640. The van der Waals surface area contributed by atoms with Gasteiger partial charge < -0.3 is 10.6 Å². The van der Waals surface area contributed by atoms with E-state index in [1.807, 2.05) is 18.7 Å². The number of amides is 1. The van der Waals surface area contributed by atoms with Gasteiger partial charge in [0.15, 0.2) is 0 Å². The summed E-state index contributed by atoms with van der Waals surface area (Å²) >= 11 is 5.18. The Morgan fingerprint density at radius 2 is 1.84 bits per heavy atom. The lowest BCUT2D eigenvalue weighted by molar-refractivity contribution is -0.138. The Bertz CT molecular complexity index is 348. The summed E-state index contributed by atoms with van der Waals surface area (Å²) < 4.78 is 0. The van der Waals surface area contributed by atoms with Crippen molar-refractivity contribution in [3.8, 4) is 0 Å². The molecule has 4 heteroatoms. The Morgan fingerprint density at radius 3 is 2.32 bits per heavy atom. The second-order valence-electron chi connectivity index (χ2n) is 6.46. The fraction of sp³-hybridized carbons (Fsp3) is 0.867. The average molecular weight is 284 g/mol. The van der Waals surface area contributed by atoms with Crippen LogP contribution in [0.25, 0.3) is 0 Å². The van der Waals surface area contributed by atoms with Gasteiger partial charge in [-0.05, 0) is 37.5 Å². The summed E-state index contributed by atoms with van der Waals surface area (Å²) in [5.74, 6) is 0.141. The van der Waals surface area contributed by atoms with Crippen molar-refractivity contribution in [2.75, 3.05) is 13.1 Å². The third-order valence-electron chi connectivity index (χ3n) is 4.72. The first-order chi connectivity index (χ1) is 8.79. The highest BCUT2D eigenvalue weighted by molar-refractivity contribution is 7.80. The molecular formula is C15H28N2OS. The van der Waals surface area contributed by atoms with Gasteiger partial charge in [-0.2, -0.15) is 0 Å². The molecule has 0 saturated carbocycles. The Kier molecular flexibility index (Phi) is 5.36. The molecule has 0 aromatic rings. The SMILES string of the molecule is CCC(CC)(C(=O)N1CCCC(C)(C)CC1)C(N)=S. The van der Waals surface area contributed by atoms with E-state index < -0.39 is 5.41 Å². The van der Waals surface area contributed by atoms with Crippen molar-refractivity contribution >= 4 is 23.1 Å². The van der Waals surface area contributed by atoms with Gasteiger partial charge in [0.05, 0.1) is 10.4 Å². The molecule has 0 aliphatic carbocycles. The summed E-state index contributed by atoms with van der Waals surface area (Å²) in [5.41, 5.74) is 5.57. The maximum atomic E-state index is 12.8. The van der Waals surface area contributed by atoms with E-state index in [1.54, 1.807) is 0 Å². The van der Waals surface area contributed by atoms with Gasteiger partial charge in [0.1, 0.15) is 0 Å². The first-order valence-electron chi connectivity index (χ1n) is 7.38. The van der Waals surface area contributed by atoms with E-state index in [2.05, 4.69) is 13.8 Å². The fourth-order valence-corrected chi connectivity index (χ4v) is 3.31. The highest BCUT2D eigenvalue weighted by Crippen LogP contribution is 2.34. The second-order valence-corrected chi connectivity index (χ2v) is 6.90. The molecule has 0 unspecified atom stereocenters. The summed E-state index contributed by atoms with van der Waals surface area (Å²) in [6.45, 7) is 10.2. The second kappa shape index (κ2) is 6.21. The highest BCUT2D eigenvalue weighted by Gasteiger charge is 2.41. The van der Waals surface area contributed by atoms with Gasteiger partial charge >= 0.3 is 0 Å². The third-order valence-corrected chi connectivity index (χ3v) is 5.11. The van der Waals surface area contributed by atoms with Crippen LogP contribution < -0.4 is 5.73 Å². The number of thiocarbonyl (C=S) groups is 1. The summed E-state index contributed by atoms with van der Waals surface area (Å²) in [6.07, 6.45) is 4.68. The monoisotopic (exact) mass is 284 g/mol. The van der Waals surface area contributed by atoms with Gasteiger partial charge in [-0.1, -0.05) is 39.9 Å². The van der Waals surface area contributed by atoms with Gasteiger partial charge in [0, 0.05) is 13.1 Å². The predicted octanol–water partition coefficient (Wildman–Crippen LogP) is 3.12. The van der Waals surface area contributed by atoms with Crippen molar-refractivity contribution in [1.29, 1.82) is 0 Å². The van der Waals surface area contributed by atoms with Crippen molar-refractivity contribution < 1.29 is 4.79 Å². The zero-order chi connectivity index (χ0) is 14.7. The van der Waals surface area contributed by atoms with Gasteiger partial charge in [-0.15, -0.1) is 0 Å². The summed E-state index contributed by atoms with van der Waals surface area (Å²) in [6, 6.07) is 0. The minimum Gasteiger partial charge on any atom is -0.392 e. The molecule has 0 aromatic carbocycles. The van der Waals surface area contributed by atoms with E-state index in [0.29, 0.717) is 23.2 Å². The molecule has 110 valence electrons. The van der Waals surface area contributed by atoms with Gasteiger partial charge in [0.25, 0.3) is 0 Å². The van der Waals surface area contributed by atoms with E-state index in [-0.39, 0.29) is 5.91 Å². The van der Waals surface area contributed by atoms with Crippen LogP contribution in [-0.2, 0) is 4.79 Å². The lowest BCUT2D eigenvalue weighted by Crippen LogP contribution is -2.50. The van der Waals surface area contributed by atoms with Gasteiger partial charge in [-0.3, -0.25) is 4.79 Å². The maximum Gasteiger partial charge on any atom is 0.235 e. The standard InChI is InChI=1S/C15H28N2OS/c1-5-15(6-2,12(16)19)13(18)17-10-7-8-14(3,4)9-11-17/h5-11H2,1-4H3,(H2,16,19). The molecule has 2 N–H and O–H groups in total.